The molecule has 0 atom stereocenters. The molecule has 200 valence electrons. The number of hydrogen-bond acceptors (Lipinski definition) is 5. The summed E-state index contributed by atoms with van der Waals surface area (Å²) in [4.78, 5) is 3.48. The molecule has 2 heterocycles. The summed E-state index contributed by atoms with van der Waals surface area (Å²) in [6.45, 7) is 0. The fraction of sp³-hybridized carbons (Fsp3) is 0. The number of nitrogens with zero attached hydrogens (tertiary/aromatic N) is 3. The fourth-order valence-corrected chi connectivity index (χ4v) is 8.25. The number of benzene rings is 5. The van der Waals surface area contributed by atoms with Crippen LogP contribution in [0.15, 0.2) is 133 Å². The smallest absolute Gasteiger partial charge is 0.138 e. The largest absolute Gasteiger partial charge is 0.302 e. The van der Waals surface area contributed by atoms with Gasteiger partial charge >= 0.3 is 0 Å². The Kier molecular flexibility index (Phi) is 5.94. The second-order valence-corrected chi connectivity index (χ2v) is 12.5. The Morgan fingerprint density at radius 3 is 2.09 bits per heavy atom. The van der Waals surface area contributed by atoms with Crippen LogP contribution in [0.4, 0.5) is 16.4 Å². The van der Waals surface area contributed by atoms with Gasteiger partial charge in [-0.1, -0.05) is 78.9 Å². The van der Waals surface area contributed by atoms with Crippen LogP contribution < -0.4 is 4.90 Å². The Balaban J connectivity index is 1.24. The van der Waals surface area contributed by atoms with E-state index in [2.05, 4.69) is 120 Å². The molecule has 1 aliphatic rings. The van der Waals surface area contributed by atoms with Crippen molar-refractivity contribution in [2.75, 3.05) is 4.90 Å². The normalized spacial score (nSPS) is 11.6. The fourth-order valence-electron chi connectivity index (χ4n) is 6.06. The van der Waals surface area contributed by atoms with Gasteiger partial charge in [-0.05, 0) is 76.3 Å². The van der Waals surface area contributed by atoms with Crippen LogP contribution in [0.5, 0.6) is 0 Å². The van der Waals surface area contributed by atoms with Crippen molar-refractivity contribution in [1.82, 2.24) is 0 Å². The van der Waals surface area contributed by atoms with Gasteiger partial charge in [0.2, 0.25) is 0 Å². The van der Waals surface area contributed by atoms with E-state index in [1.54, 1.807) is 11.3 Å². The predicted molar refractivity (Wildman–Crippen MR) is 180 cm³/mol. The number of rotatable bonds is 4. The molecular weight excluding hydrogens is 563 g/mol. The molecule has 5 aromatic carbocycles. The Hall–Kier alpha value is -5.46. The quantitative estimate of drug-likeness (QED) is 0.194. The van der Waals surface area contributed by atoms with Crippen LogP contribution in [-0.4, -0.2) is 0 Å². The van der Waals surface area contributed by atoms with E-state index in [-0.39, 0.29) is 5.57 Å². The molecule has 0 saturated carbocycles. The van der Waals surface area contributed by atoms with Crippen LogP contribution in [0.3, 0.4) is 0 Å². The molecule has 0 unspecified atom stereocenters. The lowest BCUT2D eigenvalue weighted by Crippen LogP contribution is -2.07. The van der Waals surface area contributed by atoms with Gasteiger partial charge in [0.15, 0.2) is 0 Å². The molecule has 0 bridgehead atoms. The highest BCUT2D eigenvalue weighted by Gasteiger charge is 2.27. The average molecular weight is 584 g/mol. The average Bonchev–Trinajstić information content (AvgIpc) is 3.77. The monoisotopic (exact) mass is 583 g/mol. The number of para-hydroxylation sites is 1. The van der Waals surface area contributed by atoms with Crippen LogP contribution in [-0.2, 0) is 0 Å². The van der Waals surface area contributed by atoms with Crippen LogP contribution in [0.2, 0.25) is 0 Å². The van der Waals surface area contributed by atoms with Crippen molar-refractivity contribution in [3.8, 4) is 33.7 Å². The lowest BCUT2D eigenvalue weighted by Gasteiger charge is -2.23. The van der Waals surface area contributed by atoms with Gasteiger partial charge in [-0.25, -0.2) is 0 Å². The van der Waals surface area contributed by atoms with Gasteiger partial charge in [0.05, 0.1) is 0 Å². The van der Waals surface area contributed by atoms with Crippen LogP contribution in [0.1, 0.15) is 11.1 Å². The predicted octanol–water partition coefficient (Wildman–Crippen LogP) is 11.1. The molecule has 7 aromatic rings. The van der Waals surface area contributed by atoms with Gasteiger partial charge in [0, 0.05) is 42.0 Å². The molecule has 3 nitrogen and oxygen atoms in total. The molecule has 5 heteroatoms. The van der Waals surface area contributed by atoms with Gasteiger partial charge in [0.1, 0.15) is 22.7 Å². The Bertz CT molecular complexity index is 2310. The second kappa shape index (κ2) is 10.1. The Morgan fingerprint density at radius 1 is 0.535 bits per heavy atom. The number of fused-ring (bicyclic) bond motifs is 6. The molecule has 0 N–H and O–H groups in total. The van der Waals surface area contributed by atoms with Crippen molar-refractivity contribution in [3.05, 3.63) is 144 Å². The van der Waals surface area contributed by atoms with Crippen LogP contribution >= 0.6 is 22.7 Å². The van der Waals surface area contributed by atoms with Gasteiger partial charge in [0.25, 0.3) is 0 Å². The Morgan fingerprint density at radius 2 is 1.26 bits per heavy atom. The highest BCUT2D eigenvalue weighted by molar-refractivity contribution is 7.25. The third-order valence-electron chi connectivity index (χ3n) is 7.98. The van der Waals surface area contributed by atoms with Gasteiger partial charge in [-0.15, -0.1) is 22.7 Å². The molecular formula is C38H21N3S2. The zero-order valence-electron chi connectivity index (χ0n) is 22.8. The molecule has 0 aliphatic heterocycles. The first-order valence-electron chi connectivity index (χ1n) is 13.9. The molecule has 8 rings (SSSR count). The standard InChI is InChI=1S/C38H21N3S2/c39-22-25(23-40)38-31-12-5-4-10-28(31)33-20-24(14-16-32(33)38)34-18-19-37(43-34)41(26-8-2-1-3-9-26)27-15-17-30-29-11-6-7-13-35(29)42-36(30)21-27/h1-21H. The molecule has 43 heavy (non-hydrogen) atoms. The van der Waals surface area contributed by atoms with E-state index in [0.29, 0.717) is 0 Å². The van der Waals surface area contributed by atoms with Crippen molar-refractivity contribution < 1.29 is 0 Å². The Labute approximate surface area is 257 Å². The third kappa shape index (κ3) is 4.07. The molecule has 2 aromatic heterocycles. The van der Waals surface area contributed by atoms with Crippen molar-refractivity contribution >= 4 is 64.8 Å². The zero-order chi connectivity index (χ0) is 28.9. The van der Waals surface area contributed by atoms with E-state index >= 15 is 0 Å². The van der Waals surface area contributed by atoms with E-state index < -0.39 is 0 Å². The van der Waals surface area contributed by atoms with E-state index in [1.165, 1.54) is 20.2 Å². The lowest BCUT2D eigenvalue weighted by molar-refractivity contribution is 1.32. The summed E-state index contributed by atoms with van der Waals surface area (Å²) in [6, 6.07) is 48.8. The van der Waals surface area contributed by atoms with Crippen molar-refractivity contribution in [1.29, 1.82) is 10.5 Å². The zero-order valence-corrected chi connectivity index (χ0v) is 24.4. The topological polar surface area (TPSA) is 50.8 Å². The summed E-state index contributed by atoms with van der Waals surface area (Å²) in [7, 11) is 0. The van der Waals surface area contributed by atoms with Gasteiger partial charge < -0.3 is 4.90 Å². The number of hydrogen-bond donors (Lipinski definition) is 0. The number of nitriles is 2. The molecule has 0 amide bonds. The first-order chi connectivity index (χ1) is 21.2. The van der Waals surface area contributed by atoms with Crippen LogP contribution in [0, 0.1) is 22.7 Å². The second-order valence-electron chi connectivity index (χ2n) is 10.4. The summed E-state index contributed by atoms with van der Waals surface area (Å²) in [5.74, 6) is 0. The minimum absolute atomic E-state index is 0.145. The third-order valence-corrected chi connectivity index (χ3v) is 10.2. The molecule has 0 saturated heterocycles. The maximum Gasteiger partial charge on any atom is 0.138 e. The van der Waals surface area contributed by atoms with Gasteiger partial charge in [-0.2, -0.15) is 10.5 Å². The van der Waals surface area contributed by atoms with Crippen molar-refractivity contribution in [2.45, 2.75) is 0 Å². The van der Waals surface area contributed by atoms with E-state index in [9.17, 15) is 10.5 Å². The van der Waals surface area contributed by atoms with E-state index in [0.717, 1.165) is 54.6 Å². The van der Waals surface area contributed by atoms with Crippen molar-refractivity contribution in [2.24, 2.45) is 0 Å². The van der Waals surface area contributed by atoms with Crippen molar-refractivity contribution in [3.63, 3.8) is 0 Å². The number of allylic oxidation sites excluding steroid dienone is 1. The summed E-state index contributed by atoms with van der Waals surface area (Å²) >= 11 is 3.58. The summed E-state index contributed by atoms with van der Waals surface area (Å²) in [6.07, 6.45) is 0. The van der Waals surface area contributed by atoms with E-state index in [1.807, 2.05) is 35.6 Å². The SMILES string of the molecule is N#CC(C#N)=C1c2ccccc2-c2cc(-c3ccc(N(c4ccccc4)c4ccc5c(c4)sc4ccccc45)s3)ccc21. The molecule has 1 aliphatic carbocycles. The summed E-state index contributed by atoms with van der Waals surface area (Å²) in [5.41, 5.74) is 8.18. The van der Waals surface area contributed by atoms with E-state index in [4.69, 9.17) is 0 Å². The first kappa shape index (κ1) is 25.3. The van der Waals surface area contributed by atoms with Gasteiger partial charge in [-0.3, -0.25) is 0 Å². The number of anilines is 3. The lowest BCUT2D eigenvalue weighted by atomic mass is 9.98. The molecule has 0 spiro atoms. The molecule has 0 radical (unpaired) electrons. The minimum Gasteiger partial charge on any atom is -0.302 e. The first-order valence-corrected chi connectivity index (χ1v) is 15.5. The highest BCUT2D eigenvalue weighted by atomic mass is 32.1. The summed E-state index contributed by atoms with van der Waals surface area (Å²) in [5, 5.41) is 23.1. The maximum absolute atomic E-state index is 9.68. The number of thiophene rings is 2. The summed E-state index contributed by atoms with van der Waals surface area (Å²) < 4.78 is 2.57. The molecule has 0 fully saturated rings. The maximum atomic E-state index is 9.68. The van der Waals surface area contributed by atoms with Crippen LogP contribution in [0.25, 0.3) is 47.3 Å². The minimum atomic E-state index is 0.145. The highest BCUT2D eigenvalue weighted by Crippen LogP contribution is 2.49.